The van der Waals surface area contributed by atoms with Crippen molar-refractivity contribution in [1.82, 2.24) is 5.06 Å². The van der Waals surface area contributed by atoms with Gasteiger partial charge in [-0.05, 0) is 45.8 Å². The summed E-state index contributed by atoms with van der Waals surface area (Å²) in [4.78, 5) is 31.6. The summed E-state index contributed by atoms with van der Waals surface area (Å²) in [5.74, 6) is -0.620. The molecule has 24 heavy (non-hydrogen) atoms. The van der Waals surface area contributed by atoms with Crippen LogP contribution in [0.2, 0.25) is 0 Å². The Morgan fingerprint density at radius 1 is 1.04 bits per heavy atom. The van der Waals surface area contributed by atoms with E-state index >= 15 is 0 Å². The van der Waals surface area contributed by atoms with Crippen LogP contribution < -0.4 is 4.57 Å². The van der Waals surface area contributed by atoms with Crippen LogP contribution in [0.15, 0.2) is 11.1 Å². The van der Waals surface area contributed by atoms with Crippen LogP contribution in [0.1, 0.15) is 53.6 Å². The molecule has 1 amide bonds. The van der Waals surface area contributed by atoms with Crippen LogP contribution in [-0.2, 0) is 16.7 Å². The van der Waals surface area contributed by atoms with Crippen LogP contribution in [0, 0.1) is 27.7 Å². The molecule has 1 aromatic heterocycles. The summed E-state index contributed by atoms with van der Waals surface area (Å²) in [5.41, 5.74) is 4.75. The molecule has 130 valence electrons. The lowest BCUT2D eigenvalue weighted by Crippen LogP contribution is -2.47. The van der Waals surface area contributed by atoms with Crippen LogP contribution in [0.4, 0.5) is 0 Å². The van der Waals surface area contributed by atoms with E-state index in [1.807, 2.05) is 53.2 Å². The normalized spacial score (nSPS) is 17.5. The molecule has 1 aliphatic rings. The number of ketones is 1. The maximum atomic E-state index is 13.3. The SMILES string of the molecule is CC1=C(C(=O)c2c(C)c(C)c(C)[n+](C)c2C)C(=O)N(C)OC1(C)C. The summed E-state index contributed by atoms with van der Waals surface area (Å²) < 4.78 is 2.00. The van der Waals surface area contributed by atoms with Gasteiger partial charge in [0, 0.05) is 26.5 Å². The van der Waals surface area contributed by atoms with Crippen molar-refractivity contribution in [3.05, 3.63) is 39.2 Å². The Morgan fingerprint density at radius 2 is 1.58 bits per heavy atom. The lowest BCUT2D eigenvalue weighted by molar-refractivity contribution is -0.684. The fourth-order valence-corrected chi connectivity index (χ4v) is 3.20. The second kappa shape index (κ2) is 5.81. The molecule has 2 rings (SSSR count). The van der Waals surface area contributed by atoms with Crippen molar-refractivity contribution in [3.63, 3.8) is 0 Å². The van der Waals surface area contributed by atoms with Gasteiger partial charge < -0.3 is 0 Å². The van der Waals surface area contributed by atoms with Gasteiger partial charge in [0.05, 0.1) is 11.1 Å². The summed E-state index contributed by atoms with van der Waals surface area (Å²) in [6.07, 6.45) is 0. The minimum Gasteiger partial charge on any atom is -0.288 e. The van der Waals surface area contributed by atoms with E-state index in [1.54, 1.807) is 14.0 Å². The first kappa shape index (κ1) is 18.3. The van der Waals surface area contributed by atoms with Crippen molar-refractivity contribution >= 4 is 11.7 Å². The van der Waals surface area contributed by atoms with Gasteiger partial charge in [-0.3, -0.25) is 14.4 Å². The van der Waals surface area contributed by atoms with Gasteiger partial charge in [-0.2, -0.15) is 0 Å². The van der Waals surface area contributed by atoms with E-state index in [2.05, 4.69) is 0 Å². The Morgan fingerprint density at radius 3 is 2.12 bits per heavy atom. The largest absolute Gasteiger partial charge is 0.288 e. The number of amides is 1. The fraction of sp³-hybridized carbons (Fsp3) is 0.526. The maximum absolute atomic E-state index is 13.3. The number of hydrogen-bond acceptors (Lipinski definition) is 3. The second-order valence-electron chi connectivity index (χ2n) is 7.09. The van der Waals surface area contributed by atoms with Gasteiger partial charge in [0.25, 0.3) is 5.91 Å². The molecule has 0 saturated carbocycles. The van der Waals surface area contributed by atoms with Crippen LogP contribution >= 0.6 is 0 Å². The number of nitrogens with zero attached hydrogens (tertiary/aromatic N) is 2. The molecule has 0 unspecified atom stereocenters. The third-order valence-corrected chi connectivity index (χ3v) is 5.45. The number of Topliss-reactive ketones (excluding diaryl/α,β-unsaturated/α-hetero) is 1. The highest BCUT2D eigenvalue weighted by atomic mass is 16.7. The highest BCUT2D eigenvalue weighted by molar-refractivity contribution is 6.27. The Bertz CT molecular complexity index is 759. The Hall–Kier alpha value is -2.01. The average molecular weight is 331 g/mol. The van der Waals surface area contributed by atoms with E-state index in [0.29, 0.717) is 11.1 Å². The van der Waals surface area contributed by atoms with Crippen molar-refractivity contribution in [2.75, 3.05) is 7.05 Å². The minimum absolute atomic E-state index is 0.211. The zero-order chi connectivity index (χ0) is 18.6. The summed E-state index contributed by atoms with van der Waals surface area (Å²) in [6.45, 7) is 13.4. The molecule has 5 nitrogen and oxygen atoms in total. The Balaban J connectivity index is 2.76. The topological polar surface area (TPSA) is 50.5 Å². The van der Waals surface area contributed by atoms with Crippen molar-refractivity contribution in [3.8, 4) is 0 Å². The number of hydroxylamine groups is 2. The molecule has 1 aromatic rings. The van der Waals surface area contributed by atoms with Gasteiger partial charge in [0.2, 0.25) is 5.78 Å². The van der Waals surface area contributed by atoms with Crippen molar-refractivity contribution in [1.29, 1.82) is 0 Å². The number of pyridine rings is 1. The van der Waals surface area contributed by atoms with Gasteiger partial charge in [-0.25, -0.2) is 9.63 Å². The van der Waals surface area contributed by atoms with E-state index in [4.69, 9.17) is 4.84 Å². The smallest absolute Gasteiger partial charge is 0.281 e. The number of hydrogen-bond donors (Lipinski definition) is 0. The van der Waals surface area contributed by atoms with Crippen LogP contribution in [0.25, 0.3) is 0 Å². The molecule has 0 fully saturated rings. The number of carbonyl (C=O) groups excluding carboxylic acids is 2. The summed E-state index contributed by atoms with van der Waals surface area (Å²) in [5, 5.41) is 1.16. The van der Waals surface area contributed by atoms with Gasteiger partial charge in [0.15, 0.2) is 11.4 Å². The van der Waals surface area contributed by atoms with Crippen molar-refractivity contribution in [2.24, 2.45) is 7.05 Å². The summed E-state index contributed by atoms with van der Waals surface area (Å²) in [6, 6.07) is 0. The first-order valence-electron chi connectivity index (χ1n) is 8.11. The molecule has 0 saturated heterocycles. The molecule has 0 atom stereocenters. The zero-order valence-corrected chi connectivity index (χ0v) is 16.1. The van der Waals surface area contributed by atoms with Gasteiger partial charge in [0.1, 0.15) is 12.6 Å². The molecule has 2 heterocycles. The number of carbonyl (C=O) groups is 2. The van der Waals surface area contributed by atoms with Gasteiger partial charge in [-0.15, -0.1) is 0 Å². The Labute approximate surface area is 143 Å². The molecule has 1 aliphatic heterocycles. The molecule has 0 bridgehead atoms. The average Bonchev–Trinajstić information content (AvgIpc) is 2.49. The van der Waals surface area contributed by atoms with Crippen LogP contribution in [0.5, 0.6) is 0 Å². The molecule has 0 N–H and O–H groups in total. The fourth-order valence-electron chi connectivity index (χ4n) is 3.20. The molecule has 0 aliphatic carbocycles. The van der Waals surface area contributed by atoms with Gasteiger partial charge in [-0.1, -0.05) is 0 Å². The second-order valence-corrected chi connectivity index (χ2v) is 7.09. The van der Waals surface area contributed by atoms with Gasteiger partial charge >= 0.3 is 0 Å². The standard InChI is InChI=1S/C19H27N2O3/c1-10-11(2)15(14(5)20(8)13(10)4)17(22)16-12(3)19(6,7)24-21(9)18(16)23/h1-9H3/q+1. The predicted molar refractivity (Wildman–Crippen MR) is 91.5 cm³/mol. The molecule has 0 aromatic carbocycles. The molecule has 0 radical (unpaired) electrons. The zero-order valence-electron chi connectivity index (χ0n) is 16.1. The third-order valence-electron chi connectivity index (χ3n) is 5.45. The van der Waals surface area contributed by atoms with E-state index in [9.17, 15) is 9.59 Å². The van der Waals surface area contributed by atoms with E-state index in [-0.39, 0.29) is 11.4 Å². The minimum atomic E-state index is -0.697. The monoisotopic (exact) mass is 331 g/mol. The number of likely N-dealkylation sites (N-methyl/N-ethyl adjacent to an activating group) is 1. The van der Waals surface area contributed by atoms with E-state index < -0.39 is 11.5 Å². The highest BCUT2D eigenvalue weighted by Crippen LogP contribution is 2.33. The summed E-state index contributed by atoms with van der Waals surface area (Å²) in [7, 11) is 3.49. The van der Waals surface area contributed by atoms with Crippen LogP contribution in [-0.4, -0.2) is 29.4 Å². The molecular weight excluding hydrogens is 304 g/mol. The first-order valence-corrected chi connectivity index (χ1v) is 8.11. The van der Waals surface area contributed by atoms with E-state index in [0.717, 1.165) is 27.6 Å². The van der Waals surface area contributed by atoms with E-state index in [1.165, 1.54) is 0 Å². The predicted octanol–water partition coefficient (Wildman–Crippen LogP) is 2.43. The van der Waals surface area contributed by atoms with Crippen molar-refractivity contribution < 1.29 is 19.0 Å². The Kier molecular flexibility index (Phi) is 4.44. The lowest BCUT2D eigenvalue weighted by atomic mass is 9.86. The maximum Gasteiger partial charge on any atom is 0.281 e. The molecule has 5 heteroatoms. The van der Waals surface area contributed by atoms with Crippen LogP contribution in [0.3, 0.4) is 0 Å². The highest BCUT2D eigenvalue weighted by Gasteiger charge is 2.41. The third kappa shape index (κ3) is 2.57. The lowest BCUT2D eigenvalue weighted by Gasteiger charge is -2.37. The number of aromatic nitrogens is 1. The molecular formula is C19H27N2O3+. The quantitative estimate of drug-likeness (QED) is 0.475. The van der Waals surface area contributed by atoms with Crippen molar-refractivity contribution in [2.45, 2.75) is 54.1 Å². The molecule has 0 spiro atoms. The number of rotatable bonds is 2. The first-order chi connectivity index (χ1) is 10.9. The summed E-state index contributed by atoms with van der Waals surface area (Å²) >= 11 is 0.